The Morgan fingerprint density at radius 3 is 2.36 bits per heavy atom. The lowest BCUT2D eigenvalue weighted by Crippen LogP contribution is -2.49. The van der Waals surface area contributed by atoms with Gasteiger partial charge in [-0.05, 0) is 24.3 Å². The van der Waals surface area contributed by atoms with Crippen LogP contribution in [0.3, 0.4) is 0 Å². The molecule has 0 radical (unpaired) electrons. The van der Waals surface area contributed by atoms with Crippen LogP contribution >= 0.6 is 11.6 Å². The second-order valence-electron chi connectivity index (χ2n) is 5.55. The van der Waals surface area contributed by atoms with Crippen molar-refractivity contribution in [2.24, 2.45) is 0 Å². The van der Waals surface area contributed by atoms with E-state index < -0.39 is 11.7 Å². The first kappa shape index (κ1) is 17.5. The van der Waals surface area contributed by atoms with E-state index in [1.54, 1.807) is 11.0 Å². The molecule has 2 aromatic rings. The number of amides is 1. The van der Waals surface area contributed by atoms with Crippen molar-refractivity contribution in [3.8, 4) is 0 Å². The van der Waals surface area contributed by atoms with Crippen LogP contribution in [-0.4, -0.2) is 47.0 Å². The van der Waals surface area contributed by atoms with E-state index in [0.717, 1.165) is 12.3 Å². The number of aromatic nitrogens is 2. The monoisotopic (exact) mass is 370 g/mol. The maximum atomic E-state index is 12.6. The Morgan fingerprint density at radius 1 is 1.08 bits per heavy atom. The summed E-state index contributed by atoms with van der Waals surface area (Å²) in [5.74, 6) is 0.316. The molecule has 0 aromatic carbocycles. The Bertz CT molecular complexity index is 759. The van der Waals surface area contributed by atoms with Crippen molar-refractivity contribution in [1.29, 1.82) is 0 Å². The van der Waals surface area contributed by atoms with Gasteiger partial charge in [-0.1, -0.05) is 11.6 Å². The highest BCUT2D eigenvalue weighted by Gasteiger charge is 2.31. The molecule has 0 bridgehead atoms. The number of pyridine rings is 2. The average molecular weight is 371 g/mol. The van der Waals surface area contributed by atoms with Crippen LogP contribution in [0.15, 0.2) is 36.7 Å². The molecule has 0 spiro atoms. The number of anilines is 1. The smallest absolute Gasteiger partial charge is 0.353 e. The van der Waals surface area contributed by atoms with Crippen LogP contribution in [-0.2, 0) is 6.18 Å². The molecule has 0 unspecified atom stereocenters. The second-order valence-corrected chi connectivity index (χ2v) is 5.94. The Labute approximate surface area is 147 Å². The third kappa shape index (κ3) is 4.01. The van der Waals surface area contributed by atoms with Gasteiger partial charge in [-0.15, -0.1) is 0 Å². The van der Waals surface area contributed by atoms with Crippen molar-refractivity contribution in [2.45, 2.75) is 6.18 Å². The van der Waals surface area contributed by atoms with Crippen molar-refractivity contribution in [3.05, 3.63) is 52.9 Å². The van der Waals surface area contributed by atoms with Crippen LogP contribution in [0.1, 0.15) is 15.9 Å². The van der Waals surface area contributed by atoms with Gasteiger partial charge in [0.05, 0.1) is 5.56 Å². The molecule has 1 fully saturated rings. The normalized spacial score (nSPS) is 15.4. The molecule has 0 saturated carbocycles. The number of hydrogen-bond donors (Lipinski definition) is 0. The number of hydrogen-bond acceptors (Lipinski definition) is 4. The van der Waals surface area contributed by atoms with Gasteiger partial charge < -0.3 is 9.80 Å². The molecule has 25 heavy (non-hydrogen) atoms. The lowest BCUT2D eigenvalue weighted by atomic mass is 10.2. The largest absolute Gasteiger partial charge is 0.417 e. The third-order valence-corrected chi connectivity index (χ3v) is 4.15. The van der Waals surface area contributed by atoms with Gasteiger partial charge in [0.15, 0.2) is 0 Å². The van der Waals surface area contributed by atoms with Crippen molar-refractivity contribution < 1.29 is 18.0 Å². The molecule has 3 heterocycles. The molecule has 0 atom stereocenters. The van der Waals surface area contributed by atoms with Crippen molar-refractivity contribution in [2.75, 3.05) is 31.1 Å². The summed E-state index contributed by atoms with van der Waals surface area (Å²) in [7, 11) is 0. The highest BCUT2D eigenvalue weighted by atomic mass is 35.5. The molecule has 0 aliphatic carbocycles. The van der Waals surface area contributed by atoms with E-state index >= 15 is 0 Å². The lowest BCUT2D eigenvalue weighted by molar-refractivity contribution is -0.137. The van der Waals surface area contributed by atoms with Gasteiger partial charge in [0.1, 0.15) is 11.0 Å². The number of nitrogens with zero attached hydrogens (tertiary/aromatic N) is 4. The van der Waals surface area contributed by atoms with Gasteiger partial charge in [-0.25, -0.2) is 9.97 Å². The highest BCUT2D eigenvalue weighted by molar-refractivity contribution is 6.29. The summed E-state index contributed by atoms with van der Waals surface area (Å²) >= 11 is 5.80. The van der Waals surface area contributed by atoms with Crippen LogP contribution in [0.5, 0.6) is 0 Å². The van der Waals surface area contributed by atoms with Gasteiger partial charge in [0.2, 0.25) is 0 Å². The van der Waals surface area contributed by atoms with E-state index in [0.29, 0.717) is 37.6 Å². The molecule has 1 amide bonds. The molecule has 2 aromatic heterocycles. The minimum absolute atomic E-state index is 0.149. The quantitative estimate of drug-likeness (QED) is 0.762. The van der Waals surface area contributed by atoms with Gasteiger partial charge in [-0.2, -0.15) is 13.2 Å². The van der Waals surface area contributed by atoms with Crippen LogP contribution in [0, 0.1) is 0 Å². The summed E-state index contributed by atoms with van der Waals surface area (Å²) in [5, 5.41) is 0.249. The zero-order chi connectivity index (χ0) is 18.0. The number of carbonyl (C=O) groups is 1. The summed E-state index contributed by atoms with van der Waals surface area (Å²) in [6.07, 6.45) is -2.10. The third-order valence-electron chi connectivity index (χ3n) is 3.94. The molecule has 1 aliphatic heterocycles. The number of alkyl halides is 3. The second kappa shape index (κ2) is 6.87. The number of halogens is 4. The Hall–Kier alpha value is -2.35. The van der Waals surface area contributed by atoms with Crippen LogP contribution in [0.25, 0.3) is 0 Å². The minimum atomic E-state index is -4.40. The SMILES string of the molecule is O=C(c1ccnc(Cl)c1)N1CCN(c2ccc(C(F)(F)F)cn2)CC1. The zero-order valence-corrected chi connectivity index (χ0v) is 13.8. The molecule has 0 N–H and O–H groups in total. The predicted molar refractivity (Wildman–Crippen MR) is 86.6 cm³/mol. The predicted octanol–water partition coefficient (Wildman–Crippen LogP) is 3.11. The Balaban J connectivity index is 1.63. The topological polar surface area (TPSA) is 49.3 Å². The highest BCUT2D eigenvalue weighted by Crippen LogP contribution is 2.29. The molecular weight excluding hydrogens is 357 g/mol. The number of rotatable bonds is 2. The van der Waals surface area contributed by atoms with E-state index in [4.69, 9.17) is 11.6 Å². The van der Waals surface area contributed by atoms with Crippen LogP contribution < -0.4 is 4.90 Å². The first-order valence-electron chi connectivity index (χ1n) is 7.53. The van der Waals surface area contributed by atoms with Crippen LogP contribution in [0.4, 0.5) is 19.0 Å². The fourth-order valence-corrected chi connectivity index (χ4v) is 2.77. The molecule has 9 heteroatoms. The number of carbonyl (C=O) groups excluding carboxylic acids is 1. The molecule has 5 nitrogen and oxygen atoms in total. The van der Waals surface area contributed by atoms with Crippen molar-refractivity contribution in [3.63, 3.8) is 0 Å². The maximum Gasteiger partial charge on any atom is 0.417 e. The van der Waals surface area contributed by atoms with Crippen molar-refractivity contribution >= 4 is 23.3 Å². The minimum Gasteiger partial charge on any atom is -0.353 e. The molecule has 1 saturated heterocycles. The molecular formula is C16H14ClF3N4O. The van der Waals surface area contributed by atoms with Crippen molar-refractivity contribution in [1.82, 2.24) is 14.9 Å². The summed E-state index contributed by atoms with van der Waals surface area (Å²) in [4.78, 5) is 23.7. The van der Waals surface area contributed by atoms with Crippen LogP contribution in [0.2, 0.25) is 5.15 Å². The Kier molecular flexibility index (Phi) is 4.80. The molecule has 1 aliphatic rings. The van der Waals surface area contributed by atoms with E-state index in [2.05, 4.69) is 9.97 Å². The first-order chi connectivity index (χ1) is 11.8. The van der Waals surface area contributed by atoms with Gasteiger partial charge in [-0.3, -0.25) is 4.79 Å². The fourth-order valence-electron chi connectivity index (χ4n) is 2.60. The van der Waals surface area contributed by atoms with E-state index in [9.17, 15) is 18.0 Å². The van der Waals surface area contributed by atoms with Gasteiger partial charge >= 0.3 is 6.18 Å². The summed E-state index contributed by atoms with van der Waals surface area (Å²) in [6.45, 7) is 1.87. The van der Waals surface area contributed by atoms with Gasteiger partial charge in [0.25, 0.3) is 5.91 Å². The summed E-state index contributed by atoms with van der Waals surface area (Å²) in [6, 6.07) is 5.47. The zero-order valence-electron chi connectivity index (χ0n) is 13.0. The number of piperazine rings is 1. The lowest BCUT2D eigenvalue weighted by Gasteiger charge is -2.35. The maximum absolute atomic E-state index is 12.6. The fraction of sp³-hybridized carbons (Fsp3) is 0.312. The summed E-state index contributed by atoms with van der Waals surface area (Å²) in [5.41, 5.74) is -0.319. The van der Waals surface area contributed by atoms with E-state index in [-0.39, 0.29) is 11.1 Å². The Morgan fingerprint density at radius 2 is 1.80 bits per heavy atom. The average Bonchev–Trinajstić information content (AvgIpc) is 2.61. The summed E-state index contributed by atoms with van der Waals surface area (Å²) < 4.78 is 37.7. The molecule has 132 valence electrons. The molecule has 3 rings (SSSR count). The van der Waals surface area contributed by atoms with E-state index in [1.807, 2.05) is 4.90 Å². The first-order valence-corrected chi connectivity index (χ1v) is 7.91. The standard InChI is InChI=1S/C16H14ClF3N4O/c17-13-9-11(3-4-21-13)15(25)24-7-5-23(6-8-24)14-2-1-12(10-22-14)16(18,19)20/h1-4,9-10H,5-8H2. The van der Waals surface area contributed by atoms with Gasteiger partial charge in [0, 0.05) is 44.1 Å². The van der Waals surface area contributed by atoms with E-state index in [1.165, 1.54) is 18.3 Å².